The van der Waals surface area contributed by atoms with E-state index in [1.54, 1.807) is 26.0 Å². The molecule has 1 aromatic rings. The quantitative estimate of drug-likeness (QED) is 0.892. The number of hydrogen-bond donors (Lipinski definition) is 2. The number of carbonyl (C=O) groups is 2. The number of rotatable bonds is 4. The van der Waals surface area contributed by atoms with Crippen molar-refractivity contribution in [2.24, 2.45) is 0 Å². The van der Waals surface area contributed by atoms with E-state index < -0.39 is 23.4 Å². The molecule has 0 saturated heterocycles. The van der Waals surface area contributed by atoms with Gasteiger partial charge in [0.1, 0.15) is 11.4 Å². The van der Waals surface area contributed by atoms with Gasteiger partial charge in [0.2, 0.25) is 0 Å². The number of benzene rings is 1. The first-order valence-electron chi connectivity index (χ1n) is 6.28. The summed E-state index contributed by atoms with van der Waals surface area (Å²) in [5.74, 6) is -1.53. The van der Waals surface area contributed by atoms with Gasteiger partial charge in [-0.05, 0) is 45.4 Å². The monoisotopic (exact) mass is 282 g/mol. The SMILES string of the molecule is CCN(C(=O)Nc1ccc(C)c(F)c1)C(C)(C)C(=O)O. The topological polar surface area (TPSA) is 69.6 Å². The summed E-state index contributed by atoms with van der Waals surface area (Å²) in [6.07, 6.45) is 0. The van der Waals surface area contributed by atoms with Gasteiger partial charge in [-0.2, -0.15) is 0 Å². The number of carboxylic acids is 1. The van der Waals surface area contributed by atoms with Crippen LogP contribution in [0.25, 0.3) is 0 Å². The number of nitrogens with one attached hydrogen (secondary N) is 1. The van der Waals surface area contributed by atoms with Gasteiger partial charge in [0.25, 0.3) is 0 Å². The first kappa shape index (κ1) is 15.9. The highest BCUT2D eigenvalue weighted by Gasteiger charge is 2.36. The average molecular weight is 282 g/mol. The second-order valence-electron chi connectivity index (χ2n) is 5.00. The van der Waals surface area contributed by atoms with Crippen LogP contribution in [0.3, 0.4) is 0 Å². The van der Waals surface area contributed by atoms with Gasteiger partial charge < -0.3 is 15.3 Å². The molecule has 0 bridgehead atoms. The maximum Gasteiger partial charge on any atom is 0.329 e. The van der Waals surface area contributed by atoms with Gasteiger partial charge in [-0.15, -0.1) is 0 Å². The molecule has 0 aliphatic rings. The summed E-state index contributed by atoms with van der Waals surface area (Å²) in [5.41, 5.74) is -0.582. The Bertz CT molecular complexity index is 529. The molecule has 0 radical (unpaired) electrons. The summed E-state index contributed by atoms with van der Waals surface area (Å²) in [7, 11) is 0. The van der Waals surface area contributed by atoms with Crippen LogP contribution in [0.5, 0.6) is 0 Å². The van der Waals surface area contributed by atoms with E-state index in [2.05, 4.69) is 5.32 Å². The smallest absolute Gasteiger partial charge is 0.329 e. The first-order chi connectivity index (χ1) is 9.20. The highest BCUT2D eigenvalue weighted by atomic mass is 19.1. The fourth-order valence-electron chi connectivity index (χ4n) is 1.77. The van der Waals surface area contributed by atoms with Crippen LogP contribution in [0.1, 0.15) is 26.3 Å². The third-order valence-corrected chi connectivity index (χ3v) is 3.18. The Kier molecular flexibility index (Phi) is 4.70. The highest BCUT2D eigenvalue weighted by Crippen LogP contribution is 2.18. The Morgan fingerprint density at radius 1 is 1.40 bits per heavy atom. The Balaban J connectivity index is 2.93. The molecule has 110 valence electrons. The zero-order valence-electron chi connectivity index (χ0n) is 12.0. The molecule has 0 spiro atoms. The molecule has 0 fully saturated rings. The normalized spacial score (nSPS) is 11.1. The van der Waals surface area contributed by atoms with E-state index in [1.165, 1.54) is 24.8 Å². The number of halogens is 1. The molecule has 1 rings (SSSR count). The molecular weight excluding hydrogens is 263 g/mol. The second kappa shape index (κ2) is 5.90. The van der Waals surface area contributed by atoms with Gasteiger partial charge in [-0.1, -0.05) is 6.07 Å². The number of urea groups is 1. The van der Waals surface area contributed by atoms with Crippen molar-refractivity contribution >= 4 is 17.7 Å². The fraction of sp³-hybridized carbons (Fsp3) is 0.429. The number of likely N-dealkylation sites (N-methyl/N-ethyl adjacent to an activating group) is 1. The minimum Gasteiger partial charge on any atom is -0.480 e. The molecule has 20 heavy (non-hydrogen) atoms. The molecule has 0 aliphatic heterocycles. The molecule has 0 aliphatic carbocycles. The van der Waals surface area contributed by atoms with Gasteiger partial charge >= 0.3 is 12.0 Å². The molecule has 1 aromatic carbocycles. The van der Waals surface area contributed by atoms with Gasteiger partial charge in [-0.3, -0.25) is 0 Å². The lowest BCUT2D eigenvalue weighted by Gasteiger charge is -2.34. The number of carboxylic acid groups (broad SMARTS) is 1. The van der Waals surface area contributed by atoms with E-state index in [0.29, 0.717) is 5.56 Å². The maximum atomic E-state index is 13.4. The molecule has 0 unspecified atom stereocenters. The third kappa shape index (κ3) is 3.26. The summed E-state index contributed by atoms with van der Waals surface area (Å²) in [6, 6.07) is 3.74. The highest BCUT2D eigenvalue weighted by molar-refractivity contribution is 5.93. The molecule has 0 atom stereocenters. The van der Waals surface area contributed by atoms with Crippen molar-refractivity contribution in [2.45, 2.75) is 33.2 Å². The predicted molar refractivity (Wildman–Crippen MR) is 74.3 cm³/mol. The van der Waals surface area contributed by atoms with Crippen LogP contribution in [0, 0.1) is 12.7 Å². The Morgan fingerprint density at radius 3 is 2.45 bits per heavy atom. The summed E-state index contributed by atoms with van der Waals surface area (Å²) in [6.45, 7) is 6.40. The summed E-state index contributed by atoms with van der Waals surface area (Å²) in [4.78, 5) is 24.5. The lowest BCUT2D eigenvalue weighted by atomic mass is 10.0. The van der Waals surface area contributed by atoms with Crippen LogP contribution in [-0.4, -0.2) is 34.1 Å². The zero-order valence-corrected chi connectivity index (χ0v) is 12.0. The van der Waals surface area contributed by atoms with Crippen LogP contribution in [0.4, 0.5) is 14.9 Å². The first-order valence-corrected chi connectivity index (χ1v) is 6.28. The van der Waals surface area contributed by atoms with Crippen molar-refractivity contribution in [3.8, 4) is 0 Å². The second-order valence-corrected chi connectivity index (χ2v) is 5.00. The van der Waals surface area contributed by atoms with Gasteiger partial charge in [0.15, 0.2) is 0 Å². The number of aliphatic carboxylic acids is 1. The van der Waals surface area contributed by atoms with Crippen molar-refractivity contribution in [3.63, 3.8) is 0 Å². The average Bonchev–Trinajstić information content (AvgIpc) is 2.34. The lowest BCUT2D eigenvalue weighted by Crippen LogP contribution is -2.54. The Labute approximate surface area is 117 Å². The number of hydrogen-bond acceptors (Lipinski definition) is 2. The van der Waals surface area contributed by atoms with Gasteiger partial charge in [0.05, 0.1) is 0 Å². The largest absolute Gasteiger partial charge is 0.480 e. The summed E-state index contributed by atoms with van der Waals surface area (Å²) >= 11 is 0. The van der Waals surface area contributed by atoms with E-state index in [4.69, 9.17) is 5.11 Å². The number of aryl methyl sites for hydroxylation is 1. The summed E-state index contributed by atoms with van der Waals surface area (Å²) in [5, 5.41) is 11.7. The Morgan fingerprint density at radius 2 is 2.00 bits per heavy atom. The van der Waals surface area contributed by atoms with Crippen LogP contribution in [0.15, 0.2) is 18.2 Å². The van der Waals surface area contributed by atoms with Crippen LogP contribution >= 0.6 is 0 Å². The molecule has 5 nitrogen and oxygen atoms in total. The minimum atomic E-state index is -1.35. The van der Waals surface area contributed by atoms with Crippen molar-refractivity contribution in [1.82, 2.24) is 4.90 Å². The van der Waals surface area contributed by atoms with Gasteiger partial charge in [-0.25, -0.2) is 14.0 Å². The van der Waals surface area contributed by atoms with Crippen molar-refractivity contribution in [2.75, 3.05) is 11.9 Å². The lowest BCUT2D eigenvalue weighted by molar-refractivity contribution is -0.147. The minimum absolute atomic E-state index is 0.222. The van der Waals surface area contributed by atoms with E-state index in [1.807, 2.05) is 0 Å². The van der Waals surface area contributed by atoms with Crippen LogP contribution in [0.2, 0.25) is 0 Å². The molecular formula is C14H19FN2O3. The molecule has 0 aromatic heterocycles. The van der Waals surface area contributed by atoms with E-state index >= 15 is 0 Å². The Hall–Kier alpha value is -2.11. The van der Waals surface area contributed by atoms with Crippen LogP contribution in [-0.2, 0) is 4.79 Å². The zero-order chi connectivity index (χ0) is 15.5. The van der Waals surface area contributed by atoms with E-state index in [0.717, 1.165) is 0 Å². The van der Waals surface area contributed by atoms with Crippen molar-refractivity contribution < 1.29 is 19.1 Å². The molecule has 6 heteroatoms. The van der Waals surface area contributed by atoms with Crippen LogP contribution < -0.4 is 5.32 Å². The van der Waals surface area contributed by atoms with Crippen molar-refractivity contribution in [1.29, 1.82) is 0 Å². The molecule has 2 N–H and O–H groups in total. The number of anilines is 1. The number of nitrogens with zero attached hydrogens (tertiary/aromatic N) is 1. The fourth-order valence-corrected chi connectivity index (χ4v) is 1.77. The number of amides is 2. The number of carbonyl (C=O) groups excluding carboxylic acids is 1. The van der Waals surface area contributed by atoms with E-state index in [-0.39, 0.29) is 12.2 Å². The summed E-state index contributed by atoms with van der Waals surface area (Å²) < 4.78 is 13.4. The maximum absolute atomic E-state index is 13.4. The third-order valence-electron chi connectivity index (χ3n) is 3.18. The van der Waals surface area contributed by atoms with Gasteiger partial charge in [0, 0.05) is 12.2 Å². The molecule has 0 heterocycles. The molecule has 0 saturated carbocycles. The van der Waals surface area contributed by atoms with E-state index in [9.17, 15) is 14.0 Å². The van der Waals surface area contributed by atoms with Crippen molar-refractivity contribution in [3.05, 3.63) is 29.6 Å². The predicted octanol–water partition coefficient (Wildman–Crippen LogP) is 2.85. The molecule has 2 amide bonds. The standard InChI is InChI=1S/C14H19FN2O3/c1-5-17(14(3,4)12(18)19)13(20)16-10-7-6-9(2)11(15)8-10/h6-8H,5H2,1-4H3,(H,16,20)(H,18,19).